The van der Waals surface area contributed by atoms with Crippen LogP contribution >= 0.6 is 22.9 Å². The van der Waals surface area contributed by atoms with Crippen molar-refractivity contribution in [3.8, 4) is 0 Å². The number of fused-ring (bicyclic) bond motifs is 1. The monoisotopic (exact) mass is 537 g/mol. The third kappa shape index (κ3) is 9.01. The zero-order chi connectivity index (χ0) is 26.8. The van der Waals surface area contributed by atoms with Gasteiger partial charge in [0, 0.05) is 43.4 Å². The van der Waals surface area contributed by atoms with Crippen LogP contribution in [0.4, 0.5) is 0 Å². The topological polar surface area (TPSA) is 103 Å². The lowest BCUT2D eigenvalue weighted by Crippen LogP contribution is -2.54. The van der Waals surface area contributed by atoms with E-state index < -0.39 is 6.04 Å². The molecule has 0 saturated carbocycles. The second kappa shape index (κ2) is 14.5. The van der Waals surface area contributed by atoms with E-state index in [1.54, 1.807) is 6.07 Å². The minimum absolute atomic E-state index is 0.0315. The molecule has 0 aliphatic carbocycles. The van der Waals surface area contributed by atoms with Gasteiger partial charge in [0.1, 0.15) is 6.04 Å². The van der Waals surface area contributed by atoms with Gasteiger partial charge in [0.25, 0.3) is 0 Å². The summed E-state index contributed by atoms with van der Waals surface area (Å²) in [5.74, 6) is -0.639. The maximum atomic E-state index is 13.3. The molecule has 1 unspecified atom stereocenters. The van der Waals surface area contributed by atoms with E-state index in [1.807, 2.05) is 32.9 Å². The number of halogens is 1. The average Bonchev–Trinajstić information content (AvgIpc) is 3.24. The molecule has 1 heterocycles. The Bertz CT molecular complexity index is 1030. The molecule has 1 aromatic carbocycles. The van der Waals surface area contributed by atoms with E-state index in [0.29, 0.717) is 18.1 Å². The van der Waals surface area contributed by atoms with Crippen LogP contribution in [-0.4, -0.2) is 65.9 Å². The number of hydrogen-bond acceptors (Lipinski definition) is 6. The van der Waals surface area contributed by atoms with Crippen LogP contribution in [0.5, 0.6) is 0 Å². The number of nitrogens with zero attached hydrogens (tertiary/aromatic N) is 2. The fourth-order valence-corrected chi connectivity index (χ4v) is 5.25. The molecule has 36 heavy (non-hydrogen) atoms. The van der Waals surface area contributed by atoms with Crippen LogP contribution in [0, 0.1) is 11.8 Å². The Morgan fingerprint density at radius 1 is 1.08 bits per heavy atom. The van der Waals surface area contributed by atoms with E-state index in [2.05, 4.69) is 39.7 Å². The third-order valence-electron chi connectivity index (χ3n) is 6.50. The molecule has 0 radical (unpaired) electrons. The first-order valence-electron chi connectivity index (χ1n) is 12.7. The Labute approximate surface area is 223 Å². The van der Waals surface area contributed by atoms with Crippen molar-refractivity contribution in [1.29, 1.82) is 0 Å². The van der Waals surface area contributed by atoms with Gasteiger partial charge in [-0.3, -0.25) is 14.4 Å². The van der Waals surface area contributed by atoms with Crippen molar-refractivity contribution in [2.24, 2.45) is 11.8 Å². The fourth-order valence-electron chi connectivity index (χ4n) is 3.96. The summed E-state index contributed by atoms with van der Waals surface area (Å²) in [6, 6.07) is 4.42. The van der Waals surface area contributed by atoms with Gasteiger partial charge < -0.3 is 20.9 Å². The van der Waals surface area contributed by atoms with Crippen LogP contribution in [0.1, 0.15) is 53.0 Å². The van der Waals surface area contributed by atoms with Crippen LogP contribution in [0.25, 0.3) is 10.2 Å². The summed E-state index contributed by atoms with van der Waals surface area (Å²) in [6.07, 6.45) is 1.10. The minimum Gasteiger partial charge on any atom is -0.354 e. The van der Waals surface area contributed by atoms with Gasteiger partial charge in [-0.25, -0.2) is 4.98 Å². The first kappa shape index (κ1) is 30.0. The molecule has 4 atom stereocenters. The molecule has 2 rings (SSSR count). The normalized spacial score (nSPS) is 14.8. The highest BCUT2D eigenvalue weighted by atomic mass is 35.5. The molecule has 1 aromatic heterocycles. The van der Waals surface area contributed by atoms with E-state index in [-0.39, 0.29) is 42.0 Å². The molecular weight excluding hydrogens is 498 g/mol. The molecule has 200 valence electrons. The molecule has 10 heteroatoms. The van der Waals surface area contributed by atoms with Gasteiger partial charge in [0.2, 0.25) is 17.7 Å². The molecule has 0 spiro atoms. The van der Waals surface area contributed by atoms with Crippen LogP contribution < -0.4 is 16.0 Å². The van der Waals surface area contributed by atoms with Crippen LogP contribution in [0.15, 0.2) is 18.2 Å². The van der Waals surface area contributed by atoms with Crippen molar-refractivity contribution >= 4 is 50.9 Å². The predicted molar refractivity (Wildman–Crippen MR) is 147 cm³/mol. The zero-order valence-electron chi connectivity index (χ0n) is 22.2. The summed E-state index contributed by atoms with van der Waals surface area (Å²) >= 11 is 7.54. The average molecular weight is 538 g/mol. The quantitative estimate of drug-likeness (QED) is 0.341. The first-order valence-corrected chi connectivity index (χ1v) is 13.9. The van der Waals surface area contributed by atoms with Gasteiger partial charge in [0.05, 0.1) is 15.2 Å². The summed E-state index contributed by atoms with van der Waals surface area (Å²) in [7, 11) is 0. The molecule has 0 aliphatic heterocycles. The fraction of sp³-hybridized carbons (Fsp3) is 0.615. The summed E-state index contributed by atoms with van der Waals surface area (Å²) in [5.41, 5.74) is 0.806. The lowest BCUT2D eigenvalue weighted by atomic mass is 9.98. The van der Waals surface area contributed by atoms with Gasteiger partial charge in [-0.2, -0.15) is 0 Å². The van der Waals surface area contributed by atoms with Gasteiger partial charge in [-0.1, -0.05) is 52.6 Å². The lowest BCUT2D eigenvalue weighted by molar-refractivity contribution is -0.129. The van der Waals surface area contributed by atoms with Crippen molar-refractivity contribution < 1.29 is 14.4 Å². The Morgan fingerprint density at radius 3 is 2.39 bits per heavy atom. The van der Waals surface area contributed by atoms with Gasteiger partial charge in [0.15, 0.2) is 0 Å². The number of rotatable bonds is 14. The van der Waals surface area contributed by atoms with E-state index in [0.717, 1.165) is 34.7 Å². The number of hydrogen-bond donors (Lipinski definition) is 3. The van der Waals surface area contributed by atoms with Crippen LogP contribution in [0.2, 0.25) is 5.02 Å². The molecule has 2 aromatic rings. The summed E-state index contributed by atoms with van der Waals surface area (Å²) < 4.78 is 0.929. The van der Waals surface area contributed by atoms with Crippen molar-refractivity contribution in [1.82, 2.24) is 25.8 Å². The van der Waals surface area contributed by atoms with Gasteiger partial charge in [-0.05, 0) is 37.2 Å². The molecule has 3 amide bonds. The van der Waals surface area contributed by atoms with E-state index in [1.165, 1.54) is 18.3 Å². The summed E-state index contributed by atoms with van der Waals surface area (Å²) in [6.45, 7) is 14.4. The van der Waals surface area contributed by atoms with Crippen molar-refractivity contribution in [2.45, 2.75) is 66.5 Å². The van der Waals surface area contributed by atoms with Gasteiger partial charge >= 0.3 is 0 Å². The SMILES string of the molecule is CC[C@H](C)[C@@H](CNC(=O)C(C)CN(CC)CC)NC(=O)[C@H](Cc1nc2ccc(Cl)cc2s1)NC(C)=O. The van der Waals surface area contributed by atoms with E-state index >= 15 is 0 Å². The molecule has 0 aliphatic rings. The Kier molecular flexibility index (Phi) is 12.1. The molecular formula is C26H40ClN5O3S. The lowest BCUT2D eigenvalue weighted by Gasteiger charge is -2.28. The van der Waals surface area contributed by atoms with Crippen molar-refractivity contribution in [2.75, 3.05) is 26.2 Å². The minimum atomic E-state index is -0.776. The number of aromatic nitrogens is 1. The maximum Gasteiger partial charge on any atom is 0.243 e. The number of benzene rings is 1. The second-order valence-corrected chi connectivity index (χ2v) is 10.9. The highest BCUT2D eigenvalue weighted by Gasteiger charge is 2.27. The summed E-state index contributed by atoms with van der Waals surface area (Å²) in [4.78, 5) is 44.7. The highest BCUT2D eigenvalue weighted by Crippen LogP contribution is 2.26. The first-order chi connectivity index (χ1) is 17.1. The van der Waals surface area contributed by atoms with E-state index in [9.17, 15) is 14.4 Å². The highest BCUT2D eigenvalue weighted by molar-refractivity contribution is 7.18. The number of amides is 3. The Morgan fingerprint density at radius 2 is 1.78 bits per heavy atom. The predicted octanol–water partition coefficient (Wildman–Crippen LogP) is 3.62. The standard InChI is InChI=1S/C26H40ClN5O3S/c1-7-16(4)22(14-28-25(34)17(5)15-32(8-2)9-3)31-26(35)21(29-18(6)33)13-24-30-20-11-10-19(27)12-23(20)36-24/h10-12,16-17,21-22H,7-9,13-15H2,1-6H3,(H,28,34)(H,29,33)(H,31,35)/t16-,17?,21-,22+/m0/s1. The summed E-state index contributed by atoms with van der Waals surface area (Å²) in [5, 5.41) is 10.2. The molecule has 8 nitrogen and oxygen atoms in total. The molecule has 0 saturated heterocycles. The molecule has 0 fully saturated rings. The number of nitrogens with one attached hydrogen (secondary N) is 3. The second-order valence-electron chi connectivity index (χ2n) is 9.31. The molecule has 3 N–H and O–H groups in total. The Hall–Kier alpha value is -2.23. The Balaban J connectivity index is 2.08. The van der Waals surface area contributed by atoms with Crippen molar-refractivity contribution in [3.05, 3.63) is 28.2 Å². The van der Waals surface area contributed by atoms with E-state index in [4.69, 9.17) is 11.6 Å². The largest absolute Gasteiger partial charge is 0.354 e. The maximum absolute atomic E-state index is 13.3. The number of thiazole rings is 1. The third-order valence-corrected chi connectivity index (χ3v) is 7.77. The zero-order valence-corrected chi connectivity index (χ0v) is 23.8. The van der Waals surface area contributed by atoms with Crippen LogP contribution in [-0.2, 0) is 20.8 Å². The van der Waals surface area contributed by atoms with Gasteiger partial charge in [-0.15, -0.1) is 11.3 Å². The molecule has 0 bridgehead atoms. The number of carbonyl (C=O) groups is 3. The number of carbonyl (C=O) groups excluding carboxylic acids is 3. The van der Waals surface area contributed by atoms with Crippen LogP contribution in [0.3, 0.4) is 0 Å². The van der Waals surface area contributed by atoms with Crippen molar-refractivity contribution in [3.63, 3.8) is 0 Å². The smallest absolute Gasteiger partial charge is 0.243 e.